The lowest BCUT2D eigenvalue weighted by atomic mass is 10.1. The Labute approximate surface area is 108 Å². The maximum atomic E-state index is 12.1. The molecule has 1 aliphatic rings. The minimum atomic E-state index is 0. The van der Waals surface area contributed by atoms with E-state index in [0.717, 1.165) is 36.6 Å². The van der Waals surface area contributed by atoms with E-state index in [2.05, 4.69) is 11.9 Å². The molecule has 1 saturated heterocycles. The Hall–Kier alpha value is -1.10. The van der Waals surface area contributed by atoms with Crippen LogP contribution in [0.5, 0.6) is 0 Å². The van der Waals surface area contributed by atoms with Crippen molar-refractivity contribution >= 4 is 11.6 Å². The van der Waals surface area contributed by atoms with Gasteiger partial charge in [0.2, 0.25) is 0 Å². The van der Waals surface area contributed by atoms with Crippen LogP contribution in [0, 0.1) is 0 Å². The first-order valence-electron chi connectivity index (χ1n) is 5.60. The molecule has 1 aliphatic heterocycles. The van der Waals surface area contributed by atoms with Crippen LogP contribution in [0.1, 0.15) is 10.4 Å². The first-order valence-corrected chi connectivity index (χ1v) is 5.60. The Kier molecular flexibility index (Phi) is 4.93. The normalized spacial score (nSPS) is 17.5. The van der Waals surface area contributed by atoms with Gasteiger partial charge in [0.15, 0.2) is 0 Å². The van der Waals surface area contributed by atoms with E-state index >= 15 is 0 Å². The fourth-order valence-corrected chi connectivity index (χ4v) is 1.95. The zero-order valence-corrected chi connectivity index (χ0v) is 10.7. The molecule has 0 unspecified atom stereocenters. The van der Waals surface area contributed by atoms with Crippen LogP contribution in [0.3, 0.4) is 0 Å². The Balaban J connectivity index is 0.00000144. The SMILES string of the molecule is CN1CC[NH+](C(=O)c2ccc(N)cc2)CC1.[Cl-]. The molecule has 0 aliphatic carbocycles. The molecule has 1 fully saturated rings. The molecule has 1 aromatic carbocycles. The molecule has 17 heavy (non-hydrogen) atoms. The van der Waals surface area contributed by atoms with Crippen LogP contribution in [0.25, 0.3) is 0 Å². The number of likely N-dealkylation sites (N-methyl/N-ethyl adjacent to an activating group) is 1. The number of halogens is 1. The van der Waals surface area contributed by atoms with Gasteiger partial charge in [0, 0.05) is 18.8 Å². The summed E-state index contributed by atoms with van der Waals surface area (Å²) in [6, 6.07) is 7.18. The molecule has 5 heteroatoms. The molecule has 2 rings (SSSR count). The van der Waals surface area contributed by atoms with Gasteiger partial charge in [0.05, 0.1) is 18.7 Å². The maximum Gasteiger partial charge on any atom is 0.344 e. The molecule has 1 aromatic rings. The molecular formula is C12H18ClN3O. The van der Waals surface area contributed by atoms with E-state index in [0.29, 0.717) is 5.69 Å². The van der Waals surface area contributed by atoms with Crippen LogP contribution >= 0.6 is 0 Å². The van der Waals surface area contributed by atoms with Crippen LogP contribution in [-0.4, -0.2) is 44.0 Å². The fourth-order valence-electron chi connectivity index (χ4n) is 1.95. The van der Waals surface area contributed by atoms with Crippen molar-refractivity contribution < 1.29 is 22.1 Å². The maximum absolute atomic E-state index is 12.1. The van der Waals surface area contributed by atoms with Gasteiger partial charge in [-0.2, -0.15) is 0 Å². The molecule has 1 heterocycles. The average Bonchev–Trinajstić information content (AvgIpc) is 2.30. The third-order valence-electron chi connectivity index (χ3n) is 3.08. The first kappa shape index (κ1) is 14.0. The lowest BCUT2D eigenvalue weighted by Crippen LogP contribution is -3.17. The van der Waals surface area contributed by atoms with Gasteiger partial charge in [0.1, 0.15) is 0 Å². The van der Waals surface area contributed by atoms with E-state index in [1.54, 1.807) is 12.1 Å². The summed E-state index contributed by atoms with van der Waals surface area (Å²) in [5.74, 6) is 0.188. The number of benzene rings is 1. The van der Waals surface area contributed by atoms with Crippen molar-refractivity contribution in [3.05, 3.63) is 29.8 Å². The van der Waals surface area contributed by atoms with Crippen molar-refractivity contribution in [1.29, 1.82) is 0 Å². The number of quaternary nitrogens is 1. The lowest BCUT2D eigenvalue weighted by molar-refractivity contribution is -0.819. The molecule has 0 aromatic heterocycles. The van der Waals surface area contributed by atoms with Crippen molar-refractivity contribution in [1.82, 2.24) is 4.90 Å². The highest BCUT2D eigenvalue weighted by Crippen LogP contribution is 2.04. The van der Waals surface area contributed by atoms with Crippen molar-refractivity contribution in [3.8, 4) is 0 Å². The number of nitrogens with two attached hydrogens (primary N) is 1. The molecule has 0 bridgehead atoms. The number of hydrogen-bond acceptors (Lipinski definition) is 3. The number of rotatable bonds is 1. The predicted octanol–water partition coefficient (Wildman–Crippen LogP) is -3.76. The number of nitrogens with zero attached hydrogens (tertiary/aromatic N) is 1. The van der Waals surface area contributed by atoms with Crippen molar-refractivity contribution in [2.24, 2.45) is 0 Å². The number of amides is 1. The fraction of sp³-hybridized carbons (Fsp3) is 0.417. The summed E-state index contributed by atoms with van der Waals surface area (Å²) in [6.45, 7) is 3.74. The minimum absolute atomic E-state index is 0. The standard InChI is InChI=1S/C12H17N3O.ClH/c1-14-6-8-15(9-7-14)12(16)10-2-4-11(13)5-3-10;/h2-5H,6-9,13H2,1H3;1H. The summed E-state index contributed by atoms with van der Waals surface area (Å²) in [5, 5.41) is 0. The number of hydrogen-bond donors (Lipinski definition) is 2. The van der Waals surface area contributed by atoms with Gasteiger partial charge in [-0.15, -0.1) is 0 Å². The van der Waals surface area contributed by atoms with E-state index < -0.39 is 0 Å². The lowest BCUT2D eigenvalue weighted by Gasteiger charge is -2.27. The summed E-state index contributed by atoms with van der Waals surface area (Å²) >= 11 is 0. The molecule has 4 nitrogen and oxygen atoms in total. The number of piperazine rings is 1. The predicted molar refractivity (Wildman–Crippen MR) is 63.4 cm³/mol. The molecule has 3 N–H and O–H groups in total. The van der Waals surface area contributed by atoms with Crippen molar-refractivity contribution in [2.45, 2.75) is 0 Å². The van der Waals surface area contributed by atoms with Crippen LogP contribution in [0.2, 0.25) is 0 Å². The van der Waals surface area contributed by atoms with Gasteiger partial charge in [-0.25, -0.2) is 4.79 Å². The Bertz CT molecular complexity index is 372. The number of carbonyl (C=O) groups is 1. The smallest absolute Gasteiger partial charge is 0.344 e. The summed E-state index contributed by atoms with van der Waals surface area (Å²) < 4.78 is 0. The van der Waals surface area contributed by atoms with Crippen LogP contribution < -0.4 is 23.0 Å². The summed E-state index contributed by atoms with van der Waals surface area (Å²) in [6.07, 6.45) is 0. The number of nitrogen functional groups attached to an aromatic ring is 1. The highest BCUT2D eigenvalue weighted by Gasteiger charge is 2.25. The van der Waals surface area contributed by atoms with Gasteiger partial charge in [-0.1, -0.05) is 0 Å². The van der Waals surface area contributed by atoms with Gasteiger partial charge in [0.25, 0.3) is 0 Å². The third-order valence-corrected chi connectivity index (χ3v) is 3.08. The molecule has 1 amide bonds. The van der Waals surface area contributed by atoms with Gasteiger partial charge >= 0.3 is 5.91 Å². The van der Waals surface area contributed by atoms with E-state index in [4.69, 9.17) is 5.73 Å². The molecule has 0 spiro atoms. The molecule has 0 atom stereocenters. The van der Waals surface area contributed by atoms with Gasteiger partial charge in [-0.3, -0.25) is 9.80 Å². The van der Waals surface area contributed by atoms with Gasteiger partial charge < -0.3 is 18.1 Å². The topological polar surface area (TPSA) is 50.8 Å². The molecule has 0 radical (unpaired) electrons. The largest absolute Gasteiger partial charge is 1.00 e. The van der Waals surface area contributed by atoms with E-state index in [9.17, 15) is 4.79 Å². The second-order valence-electron chi connectivity index (χ2n) is 4.36. The molecule has 94 valence electrons. The van der Waals surface area contributed by atoms with E-state index in [-0.39, 0.29) is 18.3 Å². The Morgan fingerprint density at radius 2 is 1.76 bits per heavy atom. The summed E-state index contributed by atoms with van der Waals surface area (Å²) in [5.41, 5.74) is 7.06. The third kappa shape index (κ3) is 3.43. The van der Waals surface area contributed by atoms with Gasteiger partial charge in [-0.05, 0) is 31.3 Å². The Morgan fingerprint density at radius 3 is 2.29 bits per heavy atom. The second kappa shape index (κ2) is 6.00. The van der Waals surface area contributed by atoms with E-state index in [1.165, 1.54) is 0 Å². The molecular weight excluding hydrogens is 238 g/mol. The molecule has 0 saturated carbocycles. The minimum Gasteiger partial charge on any atom is -1.00 e. The van der Waals surface area contributed by atoms with Crippen molar-refractivity contribution in [3.63, 3.8) is 0 Å². The first-order chi connectivity index (χ1) is 7.66. The van der Waals surface area contributed by atoms with Crippen LogP contribution in [0.15, 0.2) is 24.3 Å². The average molecular weight is 256 g/mol. The zero-order chi connectivity index (χ0) is 11.5. The summed E-state index contributed by atoms with van der Waals surface area (Å²) in [4.78, 5) is 15.4. The highest BCUT2D eigenvalue weighted by molar-refractivity contribution is 5.87. The second-order valence-corrected chi connectivity index (χ2v) is 4.36. The number of carbonyl (C=O) groups excluding carboxylic acids is 1. The van der Waals surface area contributed by atoms with Crippen LogP contribution in [-0.2, 0) is 0 Å². The monoisotopic (exact) mass is 255 g/mol. The summed E-state index contributed by atoms with van der Waals surface area (Å²) in [7, 11) is 2.09. The number of nitrogens with one attached hydrogen (secondary N) is 1. The van der Waals surface area contributed by atoms with Crippen molar-refractivity contribution in [2.75, 3.05) is 39.0 Å². The zero-order valence-electron chi connectivity index (χ0n) is 9.95. The Morgan fingerprint density at radius 1 is 1.24 bits per heavy atom. The quantitative estimate of drug-likeness (QED) is 0.507. The van der Waals surface area contributed by atoms with E-state index in [1.807, 2.05) is 12.1 Å². The van der Waals surface area contributed by atoms with Crippen LogP contribution in [0.4, 0.5) is 5.69 Å². The number of anilines is 1. The highest BCUT2D eigenvalue weighted by atomic mass is 35.5.